The van der Waals surface area contributed by atoms with E-state index in [4.69, 9.17) is 9.47 Å². The number of fused-ring (bicyclic) bond motifs is 1. The van der Waals surface area contributed by atoms with Crippen LogP contribution in [0.15, 0.2) is 23.2 Å². The molecule has 1 amide bonds. The molecule has 3 atom stereocenters. The molecule has 154 valence electrons. The Bertz CT molecular complexity index is 784. The Morgan fingerprint density at radius 1 is 1.46 bits per heavy atom. The molecule has 2 heterocycles. The zero-order valence-electron chi connectivity index (χ0n) is 16.0. The molecule has 1 aromatic carbocycles. The van der Waals surface area contributed by atoms with Crippen molar-refractivity contribution in [3.05, 3.63) is 35.4 Å². The topological polar surface area (TPSA) is 80.2 Å². The van der Waals surface area contributed by atoms with E-state index in [1.54, 1.807) is 20.8 Å². The number of nitrogens with zero attached hydrogens (tertiary/aromatic N) is 1. The van der Waals surface area contributed by atoms with Crippen LogP contribution in [0.1, 0.15) is 32.8 Å². The number of alkyl carbamates (subject to hydrolysis) is 1. The Morgan fingerprint density at radius 3 is 2.86 bits per heavy atom. The third-order valence-corrected chi connectivity index (χ3v) is 5.73. The summed E-state index contributed by atoms with van der Waals surface area (Å²) >= 11 is 1.32. The summed E-state index contributed by atoms with van der Waals surface area (Å²) in [5.74, 6) is -1.01. The maximum Gasteiger partial charge on any atom is 0.413 e. The molecule has 9 heteroatoms. The van der Waals surface area contributed by atoms with Crippen molar-refractivity contribution in [2.24, 2.45) is 10.9 Å². The molecule has 2 aliphatic heterocycles. The number of aliphatic hydroxyl groups is 1. The van der Waals surface area contributed by atoms with E-state index in [-0.39, 0.29) is 30.8 Å². The van der Waals surface area contributed by atoms with Crippen LogP contribution in [0.25, 0.3) is 0 Å². The van der Waals surface area contributed by atoms with Crippen LogP contribution in [0.2, 0.25) is 0 Å². The number of carbonyl (C=O) groups is 1. The molecule has 0 bridgehead atoms. The predicted molar refractivity (Wildman–Crippen MR) is 102 cm³/mol. The molecule has 2 aliphatic rings. The molecule has 0 spiro atoms. The molecule has 6 nitrogen and oxygen atoms in total. The number of amides is 1. The van der Waals surface area contributed by atoms with E-state index in [0.717, 1.165) is 6.07 Å². The van der Waals surface area contributed by atoms with Gasteiger partial charge in [0, 0.05) is 23.3 Å². The van der Waals surface area contributed by atoms with E-state index in [0.29, 0.717) is 17.3 Å². The molecule has 1 aromatic rings. The summed E-state index contributed by atoms with van der Waals surface area (Å²) in [5.41, 5.74) is -1.58. The van der Waals surface area contributed by atoms with Crippen molar-refractivity contribution in [2.45, 2.75) is 44.4 Å². The molecule has 1 saturated heterocycles. The Balaban J connectivity index is 1.95. The lowest BCUT2D eigenvalue weighted by Gasteiger charge is -2.46. The summed E-state index contributed by atoms with van der Waals surface area (Å²) < 4.78 is 39.1. The third-order valence-electron chi connectivity index (χ3n) is 4.69. The van der Waals surface area contributed by atoms with Crippen molar-refractivity contribution in [3.8, 4) is 0 Å². The minimum absolute atomic E-state index is 0.0193. The lowest BCUT2D eigenvalue weighted by molar-refractivity contribution is -0.0771. The van der Waals surface area contributed by atoms with Gasteiger partial charge in [0.05, 0.1) is 19.3 Å². The molecular formula is C19H24F2N2O4S. The van der Waals surface area contributed by atoms with Crippen LogP contribution in [-0.4, -0.2) is 47.0 Å². The van der Waals surface area contributed by atoms with Gasteiger partial charge in [-0.25, -0.2) is 18.6 Å². The van der Waals surface area contributed by atoms with E-state index in [9.17, 15) is 18.7 Å². The predicted octanol–water partition coefficient (Wildman–Crippen LogP) is 3.19. The van der Waals surface area contributed by atoms with Gasteiger partial charge in [0.2, 0.25) is 0 Å². The summed E-state index contributed by atoms with van der Waals surface area (Å²) in [5, 5.41) is 12.3. The molecule has 2 N–H and O–H groups in total. The molecule has 0 saturated carbocycles. The number of nitrogens with one attached hydrogen (secondary N) is 1. The first kappa shape index (κ1) is 21.0. The van der Waals surface area contributed by atoms with Crippen molar-refractivity contribution in [1.29, 1.82) is 0 Å². The maximum absolute atomic E-state index is 14.7. The second-order valence-corrected chi connectivity index (χ2v) is 8.96. The highest BCUT2D eigenvalue weighted by molar-refractivity contribution is 8.13. The molecule has 3 rings (SSSR count). The summed E-state index contributed by atoms with van der Waals surface area (Å²) in [6.45, 7) is 5.12. The minimum atomic E-state index is -1.11. The molecule has 0 radical (unpaired) electrons. The van der Waals surface area contributed by atoms with Crippen LogP contribution in [0.5, 0.6) is 0 Å². The third kappa shape index (κ3) is 4.47. The Morgan fingerprint density at radius 2 is 2.21 bits per heavy atom. The average molecular weight is 414 g/mol. The minimum Gasteiger partial charge on any atom is -0.444 e. The second-order valence-electron chi connectivity index (χ2n) is 7.95. The molecule has 0 unspecified atom stereocenters. The molecule has 0 aliphatic carbocycles. The lowest BCUT2D eigenvalue weighted by Crippen LogP contribution is -2.52. The first-order valence-corrected chi connectivity index (χ1v) is 10.0. The van der Waals surface area contributed by atoms with E-state index < -0.39 is 28.9 Å². The Kier molecular flexibility index (Phi) is 5.97. The number of rotatable bonds is 2. The van der Waals surface area contributed by atoms with Gasteiger partial charge >= 0.3 is 6.09 Å². The van der Waals surface area contributed by atoms with Gasteiger partial charge < -0.3 is 14.6 Å². The van der Waals surface area contributed by atoms with Gasteiger partial charge in [0.25, 0.3) is 0 Å². The van der Waals surface area contributed by atoms with Crippen LogP contribution >= 0.6 is 11.8 Å². The zero-order chi connectivity index (χ0) is 20.5. The van der Waals surface area contributed by atoms with Gasteiger partial charge in [0.15, 0.2) is 5.17 Å². The normalized spacial score (nSPS) is 27.6. The highest BCUT2D eigenvalue weighted by Crippen LogP contribution is 2.46. The fraction of sp³-hybridized carbons (Fsp3) is 0.579. The van der Waals surface area contributed by atoms with Crippen LogP contribution in [-0.2, 0) is 15.0 Å². The SMILES string of the molecule is CC(C)(C)OC(=O)NC1=N[C@@]2(c3ccc(F)cc3F)CO[C@@H](CO)C[C@H]2CS1. The zero-order valence-corrected chi connectivity index (χ0v) is 16.8. The standard InChI is InChI=1S/C19H24F2N2O4S/c1-18(2,3)27-17(25)22-16-23-19(14-5-4-12(20)7-15(14)21)10-26-13(8-24)6-11(19)9-28-16/h4-5,7,11,13,24H,6,8-10H2,1-3H3,(H,22,23,25)/t11-,13+,19-/m0/s1. The van der Waals surface area contributed by atoms with Gasteiger partial charge in [-0.1, -0.05) is 17.8 Å². The van der Waals surface area contributed by atoms with Gasteiger partial charge in [-0.2, -0.15) is 0 Å². The highest BCUT2D eigenvalue weighted by Gasteiger charge is 2.49. The van der Waals surface area contributed by atoms with Crippen molar-refractivity contribution in [2.75, 3.05) is 19.0 Å². The molecule has 28 heavy (non-hydrogen) atoms. The fourth-order valence-electron chi connectivity index (χ4n) is 3.45. The number of hydrogen-bond acceptors (Lipinski definition) is 6. The summed E-state index contributed by atoms with van der Waals surface area (Å²) in [6, 6.07) is 3.36. The average Bonchev–Trinajstić information content (AvgIpc) is 2.59. The number of aliphatic hydroxyl groups excluding tert-OH is 1. The summed E-state index contributed by atoms with van der Waals surface area (Å²) in [7, 11) is 0. The number of hydrogen-bond donors (Lipinski definition) is 2. The number of carbonyl (C=O) groups excluding carboxylic acids is 1. The number of amidine groups is 1. The van der Waals surface area contributed by atoms with Gasteiger partial charge in [-0.3, -0.25) is 5.32 Å². The summed E-state index contributed by atoms with van der Waals surface area (Å²) in [6.07, 6.45) is -0.543. The second kappa shape index (κ2) is 7.96. The molecular weight excluding hydrogens is 390 g/mol. The van der Waals surface area contributed by atoms with Gasteiger partial charge in [-0.15, -0.1) is 0 Å². The van der Waals surface area contributed by atoms with Gasteiger partial charge in [0.1, 0.15) is 22.8 Å². The summed E-state index contributed by atoms with van der Waals surface area (Å²) in [4.78, 5) is 16.8. The van der Waals surface area contributed by atoms with Crippen LogP contribution in [0.4, 0.5) is 13.6 Å². The van der Waals surface area contributed by atoms with Crippen molar-refractivity contribution in [1.82, 2.24) is 5.32 Å². The Hall–Kier alpha value is -1.71. The Labute approximate surface area is 166 Å². The largest absolute Gasteiger partial charge is 0.444 e. The monoisotopic (exact) mass is 414 g/mol. The van der Waals surface area contributed by atoms with Gasteiger partial charge in [-0.05, 0) is 33.3 Å². The van der Waals surface area contributed by atoms with Crippen LogP contribution in [0, 0.1) is 17.6 Å². The molecule has 0 aromatic heterocycles. The molecule has 1 fully saturated rings. The highest BCUT2D eigenvalue weighted by atomic mass is 32.2. The van der Waals surface area contributed by atoms with Crippen molar-refractivity contribution in [3.63, 3.8) is 0 Å². The first-order chi connectivity index (χ1) is 13.1. The quantitative estimate of drug-likeness (QED) is 0.777. The number of ether oxygens (including phenoxy) is 2. The maximum atomic E-state index is 14.7. The fourth-order valence-corrected chi connectivity index (χ4v) is 4.60. The number of thioether (sulfide) groups is 1. The lowest BCUT2D eigenvalue weighted by atomic mass is 9.75. The van der Waals surface area contributed by atoms with E-state index in [1.165, 1.54) is 23.9 Å². The number of benzene rings is 1. The van der Waals surface area contributed by atoms with Crippen LogP contribution < -0.4 is 5.32 Å². The van der Waals surface area contributed by atoms with Crippen LogP contribution in [0.3, 0.4) is 0 Å². The van der Waals surface area contributed by atoms with E-state index in [2.05, 4.69) is 10.3 Å². The van der Waals surface area contributed by atoms with Crippen molar-refractivity contribution >= 4 is 23.0 Å². The van der Waals surface area contributed by atoms with E-state index >= 15 is 0 Å². The number of halogens is 2. The smallest absolute Gasteiger partial charge is 0.413 e. The van der Waals surface area contributed by atoms with Crippen molar-refractivity contribution < 1.29 is 28.2 Å². The van der Waals surface area contributed by atoms with E-state index in [1.807, 2.05) is 0 Å². The first-order valence-electron chi connectivity index (χ1n) is 9.03. The number of aliphatic imine (C=N–C) groups is 1.